The molecule has 6 aliphatic heterocycles. The van der Waals surface area contributed by atoms with Gasteiger partial charge in [0.1, 0.15) is 48.1 Å². The van der Waals surface area contributed by atoms with E-state index in [1.54, 1.807) is 48.7 Å². The van der Waals surface area contributed by atoms with Gasteiger partial charge in [-0.1, -0.05) is 96.6 Å². The molecule has 8 aliphatic rings. The monoisotopic (exact) mass is 1590 g/mol. The van der Waals surface area contributed by atoms with E-state index >= 15 is 9.59 Å². The molecule has 0 aromatic heterocycles. The number of aliphatic hydroxyl groups excluding tert-OH is 3. The summed E-state index contributed by atoms with van der Waals surface area (Å²) in [4.78, 5) is 122. The van der Waals surface area contributed by atoms with Crippen LogP contribution in [-0.4, -0.2) is 247 Å². The minimum atomic E-state index is -2.63. The van der Waals surface area contributed by atoms with E-state index < -0.39 is 168 Å². The minimum Gasteiger partial charge on any atom is -0.456 e. The summed E-state index contributed by atoms with van der Waals surface area (Å²) in [5, 5.41) is 60.7. The fourth-order valence-corrected chi connectivity index (χ4v) is 19.0. The Balaban J connectivity index is 0.0000177. The SMILES string of the molecule is C.CO[C@H]1C[C@@H](C)C/C(C)=C/[C@@H](C/C=C/C[C@@H]2/C=C(\C)C[C@H](C)C[C@H](OC)[C@H]3O[C@@](O)(C(=O)C(=O)N4CCCC[C@H]4C(=O)O[C@H](/C(C)=C/[C@@H]4CC[C@@H](N)[C@H](OC)C4)[C@H](C)[C@@H](O)CC2=O)[C@H](C)C[C@@H]3OC)C(=O)C[C@H](O)[C@@H](C)C(/C(C)=C/[C@@H]2CC[C@@H](O)[C@H](OC)C2)OC(=O)[C@@H]2CCCCN2C(=O)C(=O)[C@]2(O)O[C@H]1[C@@H](OC)C[C@H]2C. The van der Waals surface area contributed by atoms with E-state index in [1.807, 2.05) is 64.2 Å². The molecule has 4 bridgehead atoms. The first-order valence-electron chi connectivity index (χ1n) is 41.4. The normalized spacial score (nSPS) is 41.4. The highest BCUT2D eigenvalue weighted by Gasteiger charge is 2.59. The van der Waals surface area contributed by atoms with Crippen LogP contribution in [0.15, 0.2) is 58.7 Å². The number of allylic oxidation sites excluding steroid dienone is 8. The van der Waals surface area contributed by atoms with Crippen molar-refractivity contribution < 1.29 is 111 Å². The van der Waals surface area contributed by atoms with Gasteiger partial charge in [-0.2, -0.15) is 0 Å². The molecule has 113 heavy (non-hydrogen) atoms. The number of ether oxygens (including phenoxy) is 10. The number of hydrogen-bond acceptors (Lipinski definition) is 24. The Bertz CT molecular complexity index is 3160. The number of amides is 2. The maximum atomic E-state index is 15.3. The minimum absolute atomic E-state index is 0. The number of nitrogens with zero attached hydrogens (tertiary/aromatic N) is 2. The van der Waals surface area contributed by atoms with Gasteiger partial charge < -0.3 is 88.4 Å². The van der Waals surface area contributed by atoms with E-state index in [4.69, 9.17) is 53.1 Å². The Hall–Kier alpha value is -5.30. The smallest absolute Gasteiger partial charge is 0.329 e. The highest BCUT2D eigenvalue weighted by atomic mass is 16.7. The van der Waals surface area contributed by atoms with Gasteiger partial charge >= 0.3 is 11.9 Å². The molecule has 1 unspecified atom stereocenters. The van der Waals surface area contributed by atoms with Crippen LogP contribution < -0.4 is 5.73 Å². The molecular formula is C87H139N3O23. The molecule has 2 saturated carbocycles. The topological polar surface area (TPSA) is 363 Å². The summed E-state index contributed by atoms with van der Waals surface area (Å²) in [7, 11) is 9.14. The highest BCUT2D eigenvalue weighted by molar-refractivity contribution is 6.39. The number of carbonyl (C=O) groups is 8. The molecule has 6 heterocycles. The number of esters is 2. The van der Waals surface area contributed by atoms with Crippen LogP contribution in [0.4, 0.5) is 0 Å². The van der Waals surface area contributed by atoms with E-state index in [-0.39, 0.29) is 119 Å². The first kappa shape index (κ1) is 94.8. The molecule has 0 spiro atoms. The lowest BCUT2D eigenvalue weighted by Crippen LogP contribution is -2.64. The number of ketones is 4. The lowest BCUT2D eigenvalue weighted by atomic mass is 9.81. The Kier molecular flexibility index (Phi) is 36.0. The van der Waals surface area contributed by atoms with Crippen molar-refractivity contribution in [1.29, 1.82) is 0 Å². The standard InChI is InChI=1S/C86H135N3O23.CH4/c1-47-33-49(3)37-71(105-13)77-73(107-15)41-53(7)85(101,111-77)79(95)81(97)88-31-21-19-25-62(88)83(99)109-75(51(5)39-57-27-29-61(87)69(43-57)103-11)55(9)65(91)45-67(93)59(35-47)23-17-18-24-60-36-48(2)34-50(4)38-72(106-14)78-74(108-16)42-54(8)86(102,112-78)80(96)82(98)89-32-22-20-26-63(89)84(100)110-76(56(10)66(92)46-68(60)94)52(6)40-58-28-30-64(90)70(44-58)104-12;/h17-18,35-36,39-40,49-50,53-66,69-78,90-92,101-102H,19-34,37-38,41-46,87H2,1-16H3;1H4/b18-17+,47-35+,48-36+,51-39+,52-40+;/t49-,50-,53+,54+,55+,56+,57-,58-,59+,60+,61+,62-,63-,64+,65-,66-,69+,70+,71-,72-,73-,74-,75+,76?,77+,78+,85+,86+;/m0./s1. The van der Waals surface area contributed by atoms with E-state index in [0.29, 0.717) is 101 Å². The molecule has 640 valence electrons. The summed E-state index contributed by atoms with van der Waals surface area (Å²) in [6.45, 7) is 18.0. The summed E-state index contributed by atoms with van der Waals surface area (Å²) >= 11 is 0. The number of rotatable bonds is 14. The third kappa shape index (κ3) is 23.4. The van der Waals surface area contributed by atoms with Crippen LogP contribution in [0.5, 0.6) is 0 Å². The van der Waals surface area contributed by atoms with E-state index in [2.05, 4.69) is 0 Å². The number of carbonyl (C=O) groups excluding carboxylic acids is 8. The quantitative estimate of drug-likeness (QED) is 0.0536. The Morgan fingerprint density at radius 3 is 1.23 bits per heavy atom. The van der Waals surface area contributed by atoms with Crippen molar-refractivity contribution in [2.45, 2.75) is 327 Å². The predicted octanol–water partition coefficient (Wildman–Crippen LogP) is 9.08. The van der Waals surface area contributed by atoms with Gasteiger partial charge in [0.25, 0.3) is 23.4 Å². The molecular weight excluding hydrogens is 1450 g/mol. The molecule has 0 aromatic rings. The van der Waals surface area contributed by atoms with Crippen LogP contribution in [0.2, 0.25) is 0 Å². The van der Waals surface area contributed by atoms with Crippen molar-refractivity contribution in [3.8, 4) is 0 Å². The maximum absolute atomic E-state index is 15.3. The summed E-state index contributed by atoms with van der Waals surface area (Å²) in [5.74, 6) is -18.2. The highest BCUT2D eigenvalue weighted by Crippen LogP contribution is 2.43. The molecule has 2 amide bonds. The lowest BCUT2D eigenvalue weighted by Gasteiger charge is -2.47. The third-order valence-electron chi connectivity index (χ3n) is 25.9. The molecule has 26 heteroatoms. The number of hydrogen-bond donors (Lipinski definition) is 6. The number of cyclic esters (lactones) is 2. The van der Waals surface area contributed by atoms with Crippen LogP contribution in [-0.2, 0) is 85.7 Å². The molecule has 8 rings (SSSR count). The number of methoxy groups -OCH3 is 6. The fourth-order valence-electron chi connectivity index (χ4n) is 19.0. The Labute approximate surface area is 671 Å². The number of Topliss-reactive ketones (excluding diaryl/α,β-unsaturated/α-hetero) is 4. The van der Waals surface area contributed by atoms with Gasteiger partial charge in [0.2, 0.25) is 11.6 Å². The van der Waals surface area contributed by atoms with Crippen LogP contribution in [0.25, 0.3) is 0 Å². The summed E-state index contributed by atoms with van der Waals surface area (Å²) < 4.78 is 61.4. The second-order valence-corrected chi connectivity index (χ2v) is 34.5. The molecule has 0 aromatic carbocycles. The summed E-state index contributed by atoms with van der Waals surface area (Å²) in [6, 6.07) is -2.70. The van der Waals surface area contributed by atoms with E-state index in [0.717, 1.165) is 20.9 Å². The summed E-state index contributed by atoms with van der Waals surface area (Å²) in [6.07, 6.45) is 6.86. The summed E-state index contributed by atoms with van der Waals surface area (Å²) in [5.41, 5.74) is 9.25. The zero-order valence-corrected chi connectivity index (χ0v) is 69.5. The van der Waals surface area contributed by atoms with Gasteiger partial charge in [-0.05, 0) is 191 Å². The van der Waals surface area contributed by atoms with Crippen molar-refractivity contribution >= 4 is 46.9 Å². The van der Waals surface area contributed by atoms with Crippen molar-refractivity contribution in [2.75, 3.05) is 55.7 Å². The van der Waals surface area contributed by atoms with Crippen molar-refractivity contribution in [3.05, 3.63) is 58.7 Å². The Morgan fingerprint density at radius 1 is 0.487 bits per heavy atom. The number of fused-ring (bicyclic) bond motifs is 6. The van der Waals surface area contributed by atoms with E-state index in [9.17, 15) is 54.3 Å². The average molecular weight is 1600 g/mol. The average Bonchev–Trinajstić information content (AvgIpc) is 1.03. The fraction of sp³-hybridized carbons (Fsp3) is 0.793. The molecule has 6 fully saturated rings. The number of aliphatic hydroxyl groups is 5. The largest absolute Gasteiger partial charge is 0.456 e. The first-order chi connectivity index (χ1) is 53.1. The molecule has 7 N–H and O–H groups in total. The van der Waals surface area contributed by atoms with Crippen LogP contribution >= 0.6 is 0 Å². The van der Waals surface area contributed by atoms with Crippen LogP contribution in [0, 0.1) is 59.2 Å². The van der Waals surface area contributed by atoms with Gasteiger partial charge in [-0.15, -0.1) is 0 Å². The lowest BCUT2D eigenvalue weighted by molar-refractivity contribution is -0.302. The first-order valence-corrected chi connectivity index (χ1v) is 41.4. The van der Waals surface area contributed by atoms with Gasteiger partial charge in [0, 0.05) is 110 Å². The third-order valence-corrected chi connectivity index (χ3v) is 25.9. The predicted molar refractivity (Wildman–Crippen MR) is 423 cm³/mol. The second kappa shape index (κ2) is 42.9. The van der Waals surface area contributed by atoms with Crippen LogP contribution in [0.3, 0.4) is 0 Å². The molecule has 4 saturated heterocycles. The molecule has 2 aliphatic carbocycles. The maximum Gasteiger partial charge on any atom is 0.329 e. The second-order valence-electron chi connectivity index (χ2n) is 34.5. The van der Waals surface area contributed by atoms with Crippen molar-refractivity contribution in [2.24, 2.45) is 64.9 Å². The van der Waals surface area contributed by atoms with Gasteiger partial charge in [0.05, 0.1) is 54.9 Å². The Morgan fingerprint density at radius 2 is 0.850 bits per heavy atom. The van der Waals surface area contributed by atoms with Crippen molar-refractivity contribution in [1.82, 2.24) is 9.80 Å². The van der Waals surface area contributed by atoms with Crippen LogP contribution in [0.1, 0.15) is 218 Å². The van der Waals surface area contributed by atoms with Gasteiger partial charge in [-0.25, -0.2) is 9.59 Å². The zero-order chi connectivity index (χ0) is 82.4. The van der Waals surface area contributed by atoms with Gasteiger partial charge in [0.15, 0.2) is 0 Å². The number of nitrogens with two attached hydrogens (primary N) is 1. The molecule has 26 nitrogen and oxygen atoms in total. The van der Waals surface area contributed by atoms with E-state index in [1.165, 1.54) is 35.5 Å². The zero-order valence-electron chi connectivity index (χ0n) is 69.5. The van der Waals surface area contributed by atoms with Gasteiger partial charge in [-0.3, -0.25) is 28.8 Å². The van der Waals surface area contributed by atoms with Crippen molar-refractivity contribution in [3.63, 3.8) is 0 Å². The molecule has 28 atom stereocenters. The number of piperidine rings is 2. The molecule has 0 radical (unpaired) electrons.